The van der Waals surface area contributed by atoms with Gasteiger partial charge in [-0.25, -0.2) is 9.59 Å². The number of allylic oxidation sites excluding steroid dienone is 4. The molecular formula is C24H24O4. The highest BCUT2D eigenvalue weighted by atomic mass is 16.5. The van der Waals surface area contributed by atoms with Crippen molar-refractivity contribution in [3.05, 3.63) is 108 Å². The van der Waals surface area contributed by atoms with Crippen molar-refractivity contribution in [2.45, 2.75) is 12.8 Å². The van der Waals surface area contributed by atoms with Crippen LogP contribution in [0.4, 0.5) is 0 Å². The summed E-state index contributed by atoms with van der Waals surface area (Å²) in [6.07, 6.45) is 13.1. The number of benzene rings is 2. The first-order valence-corrected chi connectivity index (χ1v) is 9.18. The van der Waals surface area contributed by atoms with Gasteiger partial charge in [0.15, 0.2) is 0 Å². The van der Waals surface area contributed by atoms with Crippen LogP contribution in [0, 0.1) is 0 Å². The van der Waals surface area contributed by atoms with E-state index >= 15 is 0 Å². The molecule has 2 aromatic carbocycles. The quantitative estimate of drug-likeness (QED) is 0.249. The van der Waals surface area contributed by atoms with E-state index in [0.29, 0.717) is 11.1 Å². The second-order valence-electron chi connectivity index (χ2n) is 5.83. The van der Waals surface area contributed by atoms with Crippen LogP contribution in [-0.4, -0.2) is 25.2 Å². The van der Waals surface area contributed by atoms with E-state index in [1.165, 1.54) is 0 Å². The molecule has 0 aromatic heterocycles. The van der Waals surface area contributed by atoms with Crippen molar-refractivity contribution in [2.75, 3.05) is 13.2 Å². The number of unbranched alkanes of at least 4 members (excludes halogenated alkanes) is 1. The van der Waals surface area contributed by atoms with Gasteiger partial charge >= 0.3 is 11.9 Å². The molecule has 0 spiro atoms. The second kappa shape index (κ2) is 12.9. The van der Waals surface area contributed by atoms with Crippen LogP contribution >= 0.6 is 0 Å². The van der Waals surface area contributed by atoms with E-state index in [1.54, 1.807) is 54.6 Å². The Morgan fingerprint density at radius 1 is 0.607 bits per heavy atom. The number of esters is 2. The van der Waals surface area contributed by atoms with Gasteiger partial charge in [-0.3, -0.25) is 0 Å². The van der Waals surface area contributed by atoms with Gasteiger partial charge in [0.1, 0.15) is 13.2 Å². The Morgan fingerprint density at radius 2 is 1.07 bits per heavy atom. The van der Waals surface area contributed by atoms with E-state index in [2.05, 4.69) is 0 Å². The third kappa shape index (κ3) is 8.32. The van der Waals surface area contributed by atoms with E-state index < -0.39 is 0 Å². The molecule has 0 saturated carbocycles. The molecule has 0 atom stereocenters. The fourth-order valence-electron chi connectivity index (χ4n) is 2.25. The molecule has 0 amide bonds. The molecule has 0 aliphatic rings. The minimum atomic E-state index is -0.327. The van der Waals surface area contributed by atoms with Crippen molar-refractivity contribution in [2.24, 2.45) is 0 Å². The molecular weight excluding hydrogens is 352 g/mol. The van der Waals surface area contributed by atoms with E-state index in [1.807, 2.05) is 42.5 Å². The van der Waals surface area contributed by atoms with Crippen LogP contribution in [0.3, 0.4) is 0 Å². The average Bonchev–Trinajstić information content (AvgIpc) is 2.75. The summed E-state index contributed by atoms with van der Waals surface area (Å²) in [5, 5.41) is 0. The smallest absolute Gasteiger partial charge is 0.338 e. The first-order chi connectivity index (χ1) is 13.8. The summed E-state index contributed by atoms with van der Waals surface area (Å²) in [7, 11) is 0. The molecule has 4 heteroatoms. The molecule has 0 unspecified atom stereocenters. The molecule has 28 heavy (non-hydrogen) atoms. The van der Waals surface area contributed by atoms with Crippen LogP contribution in [-0.2, 0) is 9.47 Å². The molecule has 144 valence electrons. The standard InChI is InChI=1S/C24H24O4/c25-23(21-15-9-7-10-16-21)27-19-13-5-3-1-2-4-6-14-20-28-24(26)22-17-11-8-12-18-22/h1,3,5-18H,2,4,19-20H2/b3-1+,13-5-,14-6+. The Morgan fingerprint density at radius 3 is 1.64 bits per heavy atom. The number of rotatable bonds is 10. The van der Waals surface area contributed by atoms with Gasteiger partial charge in [0.2, 0.25) is 0 Å². The van der Waals surface area contributed by atoms with Crippen molar-refractivity contribution in [3.63, 3.8) is 0 Å². The van der Waals surface area contributed by atoms with Crippen molar-refractivity contribution in [1.29, 1.82) is 0 Å². The average molecular weight is 376 g/mol. The highest BCUT2D eigenvalue weighted by Gasteiger charge is 2.04. The minimum absolute atomic E-state index is 0.241. The molecule has 0 saturated heterocycles. The predicted octanol–water partition coefficient (Wildman–Crippen LogP) is 5.15. The van der Waals surface area contributed by atoms with Gasteiger partial charge in [0, 0.05) is 0 Å². The van der Waals surface area contributed by atoms with Gasteiger partial charge in [-0.05, 0) is 43.2 Å². The summed E-state index contributed by atoms with van der Waals surface area (Å²) >= 11 is 0. The number of ether oxygens (including phenoxy) is 2. The highest BCUT2D eigenvalue weighted by Crippen LogP contribution is 2.02. The summed E-state index contributed by atoms with van der Waals surface area (Å²) in [5.41, 5.74) is 1.10. The maximum absolute atomic E-state index is 11.7. The van der Waals surface area contributed by atoms with E-state index in [-0.39, 0.29) is 25.2 Å². The Hall–Kier alpha value is -3.40. The van der Waals surface area contributed by atoms with Crippen LogP contribution in [0.1, 0.15) is 33.6 Å². The lowest BCUT2D eigenvalue weighted by Crippen LogP contribution is -2.04. The van der Waals surface area contributed by atoms with Gasteiger partial charge in [-0.15, -0.1) is 0 Å². The van der Waals surface area contributed by atoms with E-state index in [0.717, 1.165) is 12.8 Å². The summed E-state index contributed by atoms with van der Waals surface area (Å²) < 4.78 is 10.3. The normalized spacial score (nSPS) is 11.3. The molecule has 2 aromatic rings. The van der Waals surface area contributed by atoms with Crippen LogP contribution < -0.4 is 0 Å². The molecule has 2 rings (SSSR count). The van der Waals surface area contributed by atoms with Crippen molar-refractivity contribution in [3.8, 4) is 0 Å². The summed E-state index contributed by atoms with van der Waals surface area (Å²) in [5.74, 6) is -0.643. The highest BCUT2D eigenvalue weighted by molar-refractivity contribution is 5.89. The van der Waals surface area contributed by atoms with Crippen LogP contribution in [0.25, 0.3) is 0 Å². The van der Waals surface area contributed by atoms with Crippen LogP contribution in [0.5, 0.6) is 0 Å². The zero-order valence-corrected chi connectivity index (χ0v) is 15.7. The lowest BCUT2D eigenvalue weighted by atomic mass is 10.2. The summed E-state index contributed by atoms with van der Waals surface area (Å²) in [4.78, 5) is 23.4. The zero-order valence-electron chi connectivity index (χ0n) is 15.7. The topological polar surface area (TPSA) is 52.6 Å². The third-order valence-corrected chi connectivity index (χ3v) is 3.69. The maximum Gasteiger partial charge on any atom is 0.338 e. The molecule has 0 N–H and O–H groups in total. The lowest BCUT2D eigenvalue weighted by Gasteiger charge is -2.00. The summed E-state index contributed by atoms with van der Waals surface area (Å²) in [6, 6.07) is 17.8. The van der Waals surface area contributed by atoms with Crippen LogP contribution in [0.2, 0.25) is 0 Å². The molecule has 0 bridgehead atoms. The Balaban J connectivity index is 1.51. The predicted molar refractivity (Wildman–Crippen MR) is 110 cm³/mol. The van der Waals surface area contributed by atoms with Crippen molar-refractivity contribution >= 4 is 11.9 Å². The number of carbonyl (C=O) groups is 2. The molecule has 0 aliphatic heterocycles. The number of hydrogen-bond acceptors (Lipinski definition) is 4. The Labute approximate surface area is 165 Å². The largest absolute Gasteiger partial charge is 0.458 e. The molecule has 0 heterocycles. The molecule has 0 aliphatic carbocycles. The van der Waals surface area contributed by atoms with Gasteiger partial charge in [-0.1, -0.05) is 66.8 Å². The van der Waals surface area contributed by atoms with Gasteiger partial charge in [-0.2, -0.15) is 0 Å². The summed E-state index contributed by atoms with van der Waals surface area (Å²) in [6.45, 7) is 0.509. The minimum Gasteiger partial charge on any atom is -0.458 e. The fourth-order valence-corrected chi connectivity index (χ4v) is 2.25. The zero-order chi connectivity index (χ0) is 19.9. The number of hydrogen-bond donors (Lipinski definition) is 0. The van der Waals surface area contributed by atoms with Crippen molar-refractivity contribution < 1.29 is 19.1 Å². The van der Waals surface area contributed by atoms with Gasteiger partial charge < -0.3 is 9.47 Å². The van der Waals surface area contributed by atoms with Gasteiger partial charge in [0.05, 0.1) is 11.1 Å². The van der Waals surface area contributed by atoms with Crippen molar-refractivity contribution in [1.82, 2.24) is 0 Å². The third-order valence-electron chi connectivity index (χ3n) is 3.69. The lowest BCUT2D eigenvalue weighted by molar-refractivity contribution is 0.0540. The molecule has 4 nitrogen and oxygen atoms in total. The second-order valence-corrected chi connectivity index (χ2v) is 5.83. The SMILES string of the molecule is O=C(OC/C=C\C=C\CC/C=C/COC(=O)c1ccccc1)c1ccccc1. The van der Waals surface area contributed by atoms with Gasteiger partial charge in [0.25, 0.3) is 0 Å². The Bertz CT molecular complexity index is 805. The fraction of sp³-hybridized carbons (Fsp3) is 0.167. The number of carbonyl (C=O) groups excluding carboxylic acids is 2. The first-order valence-electron chi connectivity index (χ1n) is 9.18. The maximum atomic E-state index is 11.7. The van der Waals surface area contributed by atoms with E-state index in [9.17, 15) is 9.59 Å². The first kappa shape index (κ1) is 20.9. The van der Waals surface area contributed by atoms with Crippen LogP contribution in [0.15, 0.2) is 97.1 Å². The Kier molecular flexibility index (Phi) is 9.61. The monoisotopic (exact) mass is 376 g/mol. The molecule has 0 fully saturated rings. The van der Waals surface area contributed by atoms with E-state index in [4.69, 9.17) is 9.47 Å². The molecule has 0 radical (unpaired) electrons.